The Balaban J connectivity index is 1.52. The quantitative estimate of drug-likeness (QED) is 0.673. The highest BCUT2D eigenvalue weighted by Gasteiger charge is 2.31. The molecule has 2 aliphatic heterocycles. The van der Waals surface area contributed by atoms with Crippen LogP contribution in [-0.4, -0.2) is 36.7 Å². The van der Waals surface area contributed by atoms with Crippen molar-refractivity contribution in [3.8, 4) is 11.5 Å². The lowest BCUT2D eigenvalue weighted by atomic mass is 10.0. The van der Waals surface area contributed by atoms with Crippen LogP contribution in [0.15, 0.2) is 48.4 Å². The number of benzene rings is 2. The number of nitrogens with zero attached hydrogens (tertiary/aromatic N) is 1. The summed E-state index contributed by atoms with van der Waals surface area (Å²) >= 11 is 0. The molecule has 0 aliphatic carbocycles. The lowest BCUT2D eigenvalue weighted by Gasteiger charge is -2.26. The highest BCUT2D eigenvalue weighted by molar-refractivity contribution is 6.15. The highest BCUT2D eigenvalue weighted by atomic mass is 16.5. The zero-order valence-corrected chi connectivity index (χ0v) is 16.9. The van der Waals surface area contributed by atoms with E-state index in [1.165, 1.54) is 11.0 Å². The number of hydrogen-bond acceptors (Lipinski definition) is 4. The Morgan fingerprint density at radius 1 is 1.17 bits per heavy atom. The number of aryl methyl sites for hydroxylation is 1. The molecule has 0 atom stereocenters. The third kappa shape index (κ3) is 3.18. The van der Waals surface area contributed by atoms with E-state index in [0.717, 1.165) is 36.1 Å². The third-order valence-electron chi connectivity index (χ3n) is 5.97. The summed E-state index contributed by atoms with van der Waals surface area (Å²) in [6, 6.07) is 11.2. The lowest BCUT2D eigenvalue weighted by molar-refractivity contribution is -0.921. The van der Waals surface area contributed by atoms with Gasteiger partial charge in [-0.15, -0.1) is 0 Å². The summed E-state index contributed by atoms with van der Waals surface area (Å²) in [6.45, 7) is 6.53. The largest absolute Gasteiger partial charge is 0.872 e. The smallest absolute Gasteiger partial charge is 0.231 e. The van der Waals surface area contributed by atoms with Crippen molar-refractivity contribution in [1.82, 2.24) is 4.57 Å². The van der Waals surface area contributed by atoms with Gasteiger partial charge in [-0.3, -0.25) is 4.79 Å². The van der Waals surface area contributed by atoms with Crippen LogP contribution in [0.1, 0.15) is 28.4 Å². The van der Waals surface area contributed by atoms with Gasteiger partial charge in [0.25, 0.3) is 0 Å². The van der Waals surface area contributed by atoms with Crippen molar-refractivity contribution >= 4 is 22.8 Å². The molecule has 0 bridgehead atoms. The first-order valence-corrected chi connectivity index (χ1v) is 10.4. The SMILES string of the molecule is CCn1cc(/C=C2/Oc3c(ccc([O-])c3C[NH+]3CCOCC3)C2=O)c2ccccc21. The average Bonchev–Trinajstić information content (AvgIpc) is 3.29. The fraction of sp³-hybridized carbons (Fsp3) is 0.292. The predicted molar refractivity (Wildman–Crippen MR) is 112 cm³/mol. The van der Waals surface area contributed by atoms with Crippen LogP contribution in [0, 0.1) is 0 Å². The second kappa shape index (κ2) is 7.63. The molecule has 0 amide bonds. The fourth-order valence-electron chi connectivity index (χ4n) is 4.34. The molecule has 1 N–H and O–H groups in total. The number of morpholine rings is 1. The molecular weight excluding hydrogens is 380 g/mol. The minimum Gasteiger partial charge on any atom is -0.872 e. The fourth-order valence-corrected chi connectivity index (χ4v) is 4.34. The van der Waals surface area contributed by atoms with Gasteiger partial charge in [0.05, 0.1) is 18.8 Å². The summed E-state index contributed by atoms with van der Waals surface area (Å²) in [6.07, 6.45) is 3.84. The van der Waals surface area contributed by atoms with E-state index in [1.807, 2.05) is 24.4 Å². The molecule has 1 aromatic heterocycles. The molecule has 5 rings (SSSR count). The molecule has 0 radical (unpaired) electrons. The van der Waals surface area contributed by atoms with Crippen molar-refractivity contribution in [3.63, 3.8) is 0 Å². The molecule has 1 saturated heterocycles. The summed E-state index contributed by atoms with van der Waals surface area (Å²) in [5.41, 5.74) is 3.11. The number of rotatable bonds is 4. The van der Waals surface area contributed by atoms with Crippen LogP contribution in [0.4, 0.5) is 0 Å². The van der Waals surface area contributed by atoms with Gasteiger partial charge >= 0.3 is 0 Å². The summed E-state index contributed by atoms with van der Waals surface area (Å²) in [7, 11) is 0. The minimum absolute atomic E-state index is 0.0793. The van der Waals surface area contributed by atoms with Crippen molar-refractivity contribution in [2.24, 2.45) is 0 Å². The summed E-state index contributed by atoms with van der Waals surface area (Å²) in [5, 5.41) is 13.7. The molecule has 154 valence electrons. The number of carbonyl (C=O) groups excluding carboxylic acids is 1. The van der Waals surface area contributed by atoms with Crippen LogP contribution in [0.2, 0.25) is 0 Å². The van der Waals surface area contributed by atoms with Gasteiger partial charge in [0.15, 0.2) is 5.76 Å². The van der Waals surface area contributed by atoms with Gasteiger partial charge in [0.2, 0.25) is 5.78 Å². The standard InChI is InChI=1S/C24H24N2O4/c1-2-26-14-16(17-5-3-4-6-20(17)26)13-22-23(28)18-7-8-21(27)19(24(18)30-22)15-25-9-11-29-12-10-25/h3-8,13-14,27H,2,9-12,15H2,1H3/b22-13+. The Bertz CT molecular complexity index is 1160. The Morgan fingerprint density at radius 2 is 1.97 bits per heavy atom. The maximum Gasteiger partial charge on any atom is 0.231 e. The number of Topliss-reactive ketones (excluding diaryl/α,β-unsaturated/α-hetero) is 1. The number of hydrogen-bond donors (Lipinski definition) is 1. The van der Waals surface area contributed by atoms with Crippen LogP contribution >= 0.6 is 0 Å². The van der Waals surface area contributed by atoms with E-state index in [-0.39, 0.29) is 17.3 Å². The van der Waals surface area contributed by atoms with E-state index < -0.39 is 0 Å². The molecule has 2 aromatic carbocycles. The van der Waals surface area contributed by atoms with Gasteiger partial charge in [-0.1, -0.05) is 30.0 Å². The number of para-hydroxylation sites is 1. The molecular formula is C24H24N2O4. The van der Waals surface area contributed by atoms with E-state index in [0.29, 0.717) is 36.6 Å². The van der Waals surface area contributed by atoms with Gasteiger partial charge in [-0.2, -0.15) is 0 Å². The average molecular weight is 404 g/mol. The van der Waals surface area contributed by atoms with Gasteiger partial charge < -0.3 is 24.0 Å². The van der Waals surface area contributed by atoms with Crippen molar-refractivity contribution in [2.45, 2.75) is 20.0 Å². The maximum absolute atomic E-state index is 13.0. The van der Waals surface area contributed by atoms with Gasteiger partial charge in [0, 0.05) is 34.8 Å². The van der Waals surface area contributed by atoms with Crippen LogP contribution in [0.3, 0.4) is 0 Å². The Kier molecular flexibility index (Phi) is 4.81. The molecule has 6 nitrogen and oxygen atoms in total. The number of nitrogens with one attached hydrogen (secondary N) is 1. The Labute approximate surface area is 174 Å². The number of allylic oxidation sites excluding steroid dienone is 1. The number of ketones is 1. The number of fused-ring (bicyclic) bond motifs is 2. The molecule has 0 saturated carbocycles. The van der Waals surface area contributed by atoms with Crippen molar-refractivity contribution in [3.05, 3.63) is 65.0 Å². The van der Waals surface area contributed by atoms with Crippen LogP contribution in [0.25, 0.3) is 17.0 Å². The van der Waals surface area contributed by atoms with Gasteiger partial charge in [-0.05, 0) is 25.1 Å². The lowest BCUT2D eigenvalue weighted by Crippen LogP contribution is -3.12. The van der Waals surface area contributed by atoms with Gasteiger partial charge in [-0.25, -0.2) is 0 Å². The van der Waals surface area contributed by atoms with E-state index in [1.54, 1.807) is 12.1 Å². The number of aromatic nitrogens is 1. The Morgan fingerprint density at radius 3 is 2.77 bits per heavy atom. The summed E-state index contributed by atoms with van der Waals surface area (Å²) in [5.74, 6) is 0.450. The Hall–Kier alpha value is -3.09. The number of carbonyl (C=O) groups is 1. The highest BCUT2D eigenvalue weighted by Crippen LogP contribution is 2.38. The predicted octanol–water partition coefficient (Wildman–Crippen LogP) is 1.77. The van der Waals surface area contributed by atoms with E-state index in [2.05, 4.69) is 17.6 Å². The first kappa shape index (κ1) is 18.9. The van der Waals surface area contributed by atoms with Crippen molar-refractivity contribution in [1.29, 1.82) is 0 Å². The number of quaternary nitrogens is 1. The molecule has 1 fully saturated rings. The zero-order valence-electron chi connectivity index (χ0n) is 16.9. The molecule has 2 aliphatic rings. The van der Waals surface area contributed by atoms with Crippen LogP contribution in [-0.2, 0) is 17.8 Å². The van der Waals surface area contributed by atoms with Crippen molar-refractivity contribution < 1.29 is 24.3 Å². The van der Waals surface area contributed by atoms with E-state index in [4.69, 9.17) is 9.47 Å². The molecule has 0 unspecified atom stereocenters. The normalized spacial score (nSPS) is 18.2. The van der Waals surface area contributed by atoms with Gasteiger partial charge in [0.1, 0.15) is 25.4 Å². The van der Waals surface area contributed by atoms with E-state index in [9.17, 15) is 9.90 Å². The van der Waals surface area contributed by atoms with Crippen molar-refractivity contribution in [2.75, 3.05) is 26.3 Å². The number of ether oxygens (including phenoxy) is 2. The molecule has 6 heteroatoms. The second-order valence-corrected chi connectivity index (χ2v) is 7.79. The maximum atomic E-state index is 13.0. The first-order valence-electron chi connectivity index (χ1n) is 10.4. The second-order valence-electron chi connectivity index (χ2n) is 7.79. The zero-order chi connectivity index (χ0) is 20.7. The topological polar surface area (TPSA) is 68.0 Å². The van der Waals surface area contributed by atoms with Crippen LogP contribution < -0.4 is 14.7 Å². The summed E-state index contributed by atoms with van der Waals surface area (Å²) < 4.78 is 13.6. The van der Waals surface area contributed by atoms with Crippen LogP contribution in [0.5, 0.6) is 11.5 Å². The monoisotopic (exact) mass is 404 g/mol. The molecule has 30 heavy (non-hydrogen) atoms. The molecule has 3 heterocycles. The molecule has 0 spiro atoms. The first-order chi connectivity index (χ1) is 14.7. The third-order valence-corrected chi connectivity index (χ3v) is 5.97. The molecule has 3 aromatic rings. The van der Waals surface area contributed by atoms with E-state index >= 15 is 0 Å². The summed E-state index contributed by atoms with van der Waals surface area (Å²) in [4.78, 5) is 14.3. The minimum atomic E-state index is -0.170.